The smallest absolute Gasteiger partial charge is 0.263 e. The second-order valence-electron chi connectivity index (χ2n) is 8.40. The van der Waals surface area contributed by atoms with Gasteiger partial charge < -0.3 is 24.2 Å². The van der Waals surface area contributed by atoms with Gasteiger partial charge in [0.25, 0.3) is 5.91 Å². The number of phenolic OH excluding ortho intramolecular Hbond substituents is 1. The van der Waals surface area contributed by atoms with Gasteiger partial charge in [-0.15, -0.1) is 0 Å². The van der Waals surface area contributed by atoms with Gasteiger partial charge in [-0.2, -0.15) is 0 Å². The van der Waals surface area contributed by atoms with Crippen LogP contribution in [0.15, 0.2) is 65.6 Å². The van der Waals surface area contributed by atoms with Gasteiger partial charge in [-0.3, -0.25) is 9.59 Å². The van der Waals surface area contributed by atoms with Crippen LogP contribution < -0.4 is 20.0 Å². The first kappa shape index (κ1) is 24.7. The molecule has 1 N–H and O–H groups in total. The Bertz CT molecular complexity index is 1510. The Labute approximate surface area is 206 Å². The van der Waals surface area contributed by atoms with Gasteiger partial charge in [0, 0.05) is 67.9 Å². The van der Waals surface area contributed by atoms with Crippen molar-refractivity contribution < 1.29 is 23.4 Å². The maximum Gasteiger partial charge on any atom is 0.263 e. The number of rotatable bonds is 6. The molecule has 1 amide bonds. The van der Waals surface area contributed by atoms with Crippen LogP contribution >= 0.6 is 0 Å². The Morgan fingerprint density at radius 3 is 2.31 bits per heavy atom. The summed E-state index contributed by atoms with van der Waals surface area (Å²) >= 11 is 0. The largest absolute Gasteiger partial charge is 0.508 e. The van der Waals surface area contributed by atoms with Gasteiger partial charge in [-0.1, -0.05) is 0 Å². The van der Waals surface area contributed by atoms with Gasteiger partial charge in [-0.25, -0.2) is 8.78 Å². The number of aromatic hydroxyl groups is 1. The molecule has 0 saturated carbocycles. The molecule has 0 aliphatic carbocycles. The number of phenols is 1. The van der Waals surface area contributed by atoms with E-state index in [4.69, 9.17) is 4.74 Å². The molecular formula is C27H25F2N3O4. The molecule has 0 bridgehead atoms. The molecule has 0 saturated heterocycles. The summed E-state index contributed by atoms with van der Waals surface area (Å²) < 4.78 is 34.8. The summed E-state index contributed by atoms with van der Waals surface area (Å²) in [5.41, 5.74) is 0.964. The van der Waals surface area contributed by atoms with Crippen LogP contribution in [0.4, 0.5) is 20.2 Å². The molecule has 0 unspecified atom stereocenters. The molecule has 0 atom stereocenters. The number of carbonyl (C=O) groups excluding carboxylic acids is 1. The molecule has 7 nitrogen and oxygen atoms in total. The lowest BCUT2D eigenvalue weighted by molar-refractivity contribution is 0.0987. The number of hydrogen-bond acceptors (Lipinski definition) is 5. The van der Waals surface area contributed by atoms with Crippen molar-refractivity contribution in [2.24, 2.45) is 0 Å². The maximum atomic E-state index is 13.9. The fourth-order valence-electron chi connectivity index (χ4n) is 4.05. The van der Waals surface area contributed by atoms with E-state index in [-0.39, 0.29) is 28.9 Å². The summed E-state index contributed by atoms with van der Waals surface area (Å²) in [5, 5.41) is 10.3. The van der Waals surface area contributed by atoms with Crippen molar-refractivity contribution >= 4 is 28.2 Å². The summed E-state index contributed by atoms with van der Waals surface area (Å²) in [6, 6.07) is 12.4. The fraction of sp³-hybridized carbons (Fsp3) is 0.185. The molecule has 4 rings (SSSR count). The molecule has 186 valence electrons. The molecule has 0 aliphatic rings. The molecule has 0 spiro atoms. The first-order valence-corrected chi connectivity index (χ1v) is 11.2. The molecule has 1 heterocycles. The van der Waals surface area contributed by atoms with Crippen LogP contribution in [0, 0.1) is 11.6 Å². The number of pyridine rings is 1. The zero-order valence-electron chi connectivity index (χ0n) is 20.3. The van der Waals surface area contributed by atoms with E-state index in [0.717, 1.165) is 22.7 Å². The van der Waals surface area contributed by atoms with Crippen molar-refractivity contribution in [3.63, 3.8) is 0 Å². The number of nitrogens with zero attached hydrogens (tertiary/aromatic N) is 3. The lowest BCUT2D eigenvalue weighted by Gasteiger charge is -2.23. The zero-order chi connectivity index (χ0) is 26.1. The second-order valence-corrected chi connectivity index (χ2v) is 8.40. The number of aromatic nitrogens is 1. The molecule has 0 radical (unpaired) electrons. The van der Waals surface area contributed by atoms with E-state index < -0.39 is 23.0 Å². The average molecular weight is 494 g/mol. The predicted molar refractivity (Wildman–Crippen MR) is 136 cm³/mol. The number of hydrogen-bond donors (Lipinski definition) is 1. The van der Waals surface area contributed by atoms with Crippen LogP contribution in [0.5, 0.6) is 11.5 Å². The fourth-order valence-corrected chi connectivity index (χ4v) is 4.05. The lowest BCUT2D eigenvalue weighted by Crippen LogP contribution is -2.35. The van der Waals surface area contributed by atoms with Crippen molar-refractivity contribution in [1.29, 1.82) is 0 Å². The van der Waals surface area contributed by atoms with Crippen molar-refractivity contribution in [2.45, 2.75) is 6.92 Å². The molecule has 0 fully saturated rings. The van der Waals surface area contributed by atoms with Crippen LogP contribution in [0.2, 0.25) is 0 Å². The van der Waals surface area contributed by atoms with Gasteiger partial charge in [-0.05, 0) is 37.3 Å². The number of amides is 1. The van der Waals surface area contributed by atoms with Crippen molar-refractivity contribution in [3.05, 3.63) is 88.2 Å². The Hall–Kier alpha value is -4.40. The lowest BCUT2D eigenvalue weighted by atomic mass is 10.1. The van der Waals surface area contributed by atoms with Crippen LogP contribution in [0.1, 0.15) is 17.3 Å². The standard InChI is InChI=1S/C27H25F2N3O4/c1-5-31(19-9-16(28)8-17(29)10-19)27(35)24-15-32(25-14-21(33)6-7-23(25)26(24)34)20-11-18(30(2)3)12-22(13-20)36-4/h6-15,33H,5H2,1-4H3. The van der Waals surface area contributed by atoms with Gasteiger partial charge in [0.1, 0.15) is 28.7 Å². The van der Waals surface area contributed by atoms with Crippen molar-refractivity contribution in [1.82, 2.24) is 4.57 Å². The maximum absolute atomic E-state index is 13.9. The molecule has 1 aromatic heterocycles. The summed E-state index contributed by atoms with van der Waals surface area (Å²) in [6.45, 7) is 1.71. The van der Waals surface area contributed by atoms with Crippen molar-refractivity contribution in [2.75, 3.05) is 37.5 Å². The second kappa shape index (κ2) is 9.69. The average Bonchev–Trinajstić information content (AvgIpc) is 2.83. The van der Waals surface area contributed by atoms with Gasteiger partial charge in [0.2, 0.25) is 5.43 Å². The first-order valence-electron chi connectivity index (χ1n) is 11.2. The van der Waals surface area contributed by atoms with Gasteiger partial charge in [0.05, 0.1) is 18.3 Å². The molecule has 9 heteroatoms. The molecule has 0 aliphatic heterocycles. The van der Waals surface area contributed by atoms with E-state index in [1.807, 2.05) is 31.1 Å². The normalized spacial score (nSPS) is 10.9. The Morgan fingerprint density at radius 1 is 1.00 bits per heavy atom. The van der Waals surface area contributed by atoms with Crippen LogP contribution in [-0.4, -0.2) is 43.3 Å². The number of methoxy groups -OCH3 is 1. The van der Waals surface area contributed by atoms with E-state index in [1.54, 1.807) is 17.6 Å². The van der Waals surface area contributed by atoms with Crippen LogP contribution in [0.3, 0.4) is 0 Å². The minimum absolute atomic E-state index is 0.00646. The predicted octanol–water partition coefficient (Wildman–Crippen LogP) is 4.72. The Balaban J connectivity index is 1.99. The number of halogens is 2. The molecular weight excluding hydrogens is 468 g/mol. The van der Waals surface area contributed by atoms with Gasteiger partial charge >= 0.3 is 0 Å². The highest BCUT2D eigenvalue weighted by Crippen LogP contribution is 2.29. The quantitative estimate of drug-likeness (QED) is 0.421. The van der Waals surface area contributed by atoms with E-state index in [2.05, 4.69) is 0 Å². The van der Waals surface area contributed by atoms with E-state index in [0.29, 0.717) is 23.0 Å². The highest BCUT2D eigenvalue weighted by atomic mass is 19.1. The van der Waals surface area contributed by atoms with E-state index in [9.17, 15) is 23.5 Å². The first-order chi connectivity index (χ1) is 17.1. The number of anilines is 2. The zero-order valence-corrected chi connectivity index (χ0v) is 20.3. The van der Waals surface area contributed by atoms with Crippen molar-refractivity contribution in [3.8, 4) is 17.2 Å². The summed E-state index contributed by atoms with van der Waals surface area (Å²) in [4.78, 5) is 30.0. The third kappa shape index (κ3) is 4.59. The van der Waals surface area contributed by atoms with Crippen LogP contribution in [0.25, 0.3) is 16.6 Å². The number of benzene rings is 3. The SMILES string of the molecule is CCN(C(=O)c1cn(-c2cc(OC)cc(N(C)C)c2)c2cc(O)ccc2c1=O)c1cc(F)cc(F)c1. The topological polar surface area (TPSA) is 75.0 Å². The number of fused-ring (bicyclic) bond motifs is 1. The highest BCUT2D eigenvalue weighted by Gasteiger charge is 2.23. The summed E-state index contributed by atoms with van der Waals surface area (Å²) in [5.74, 6) is -1.91. The Kier molecular flexibility index (Phi) is 6.65. The minimum atomic E-state index is -0.838. The number of ether oxygens (including phenoxy) is 1. The minimum Gasteiger partial charge on any atom is -0.508 e. The third-order valence-electron chi connectivity index (χ3n) is 5.85. The van der Waals surface area contributed by atoms with E-state index >= 15 is 0 Å². The molecule has 3 aromatic carbocycles. The van der Waals surface area contributed by atoms with E-state index in [1.165, 1.54) is 31.5 Å². The molecule has 36 heavy (non-hydrogen) atoms. The van der Waals surface area contributed by atoms with Gasteiger partial charge in [0.15, 0.2) is 0 Å². The molecule has 4 aromatic rings. The third-order valence-corrected chi connectivity index (χ3v) is 5.85. The summed E-state index contributed by atoms with van der Waals surface area (Å²) in [6.07, 6.45) is 1.37. The monoisotopic (exact) mass is 493 g/mol. The van der Waals surface area contributed by atoms with Crippen LogP contribution in [-0.2, 0) is 0 Å². The summed E-state index contributed by atoms with van der Waals surface area (Å²) in [7, 11) is 5.25. The highest BCUT2D eigenvalue weighted by molar-refractivity contribution is 6.07. The Morgan fingerprint density at radius 2 is 1.69 bits per heavy atom. The number of carbonyl (C=O) groups is 1.